The van der Waals surface area contributed by atoms with Gasteiger partial charge < -0.3 is 4.74 Å². The van der Waals surface area contributed by atoms with Crippen LogP contribution in [0.1, 0.15) is 26.3 Å². The number of hydrazine groups is 1. The number of rotatable bonds is 4. The number of halogens is 2. The van der Waals surface area contributed by atoms with Crippen molar-refractivity contribution >= 4 is 15.9 Å². The van der Waals surface area contributed by atoms with Crippen LogP contribution in [0.5, 0.6) is 0 Å². The predicted octanol–water partition coefficient (Wildman–Crippen LogP) is 3.02. The smallest absolute Gasteiger partial charge is 0.137 e. The molecule has 1 aromatic carbocycles. The van der Waals surface area contributed by atoms with E-state index in [4.69, 9.17) is 10.6 Å². The third kappa shape index (κ3) is 3.06. The number of nitrogens with two attached hydrogens (primary N) is 1. The van der Waals surface area contributed by atoms with Crippen LogP contribution in [0.25, 0.3) is 0 Å². The van der Waals surface area contributed by atoms with E-state index in [0.29, 0.717) is 22.7 Å². The summed E-state index contributed by atoms with van der Waals surface area (Å²) in [5.41, 5.74) is 3.82. The van der Waals surface area contributed by atoms with E-state index >= 15 is 0 Å². The Labute approximate surface area is 128 Å². The molecule has 112 valence electrons. The van der Waals surface area contributed by atoms with Crippen molar-refractivity contribution in [2.45, 2.75) is 45.4 Å². The fraction of sp³-hybridized carbons (Fsp3) is 0.600. The van der Waals surface area contributed by atoms with Gasteiger partial charge in [-0.2, -0.15) is 0 Å². The van der Waals surface area contributed by atoms with Gasteiger partial charge in [-0.25, -0.2) is 4.39 Å². The molecule has 0 aliphatic carbocycles. The van der Waals surface area contributed by atoms with Crippen LogP contribution in [0.4, 0.5) is 4.39 Å². The molecule has 1 aromatic rings. The molecule has 3 N–H and O–H groups in total. The molecule has 5 unspecified atom stereocenters. The molecule has 0 radical (unpaired) electrons. The Balaban J connectivity index is 2.19. The third-order valence-corrected chi connectivity index (χ3v) is 5.36. The Bertz CT molecular complexity index is 471. The lowest BCUT2D eigenvalue weighted by molar-refractivity contribution is 0.0475. The quantitative estimate of drug-likeness (QED) is 0.651. The molecule has 2 rings (SSSR count). The van der Waals surface area contributed by atoms with Gasteiger partial charge in [0.2, 0.25) is 0 Å². The highest BCUT2D eigenvalue weighted by Gasteiger charge is 2.41. The fourth-order valence-electron chi connectivity index (χ4n) is 3.24. The molecule has 0 aromatic heterocycles. The standard InChI is InChI=1S/C15H22BrFN2O/c1-8-9(2)20-10(3)14(8)13(19-18)7-11-5-4-6-12(17)15(11)16/h4-6,8-10,13-14,19H,7,18H2,1-3H3. The summed E-state index contributed by atoms with van der Waals surface area (Å²) in [5, 5.41) is 0. The second-order valence-corrected chi connectivity index (χ2v) is 6.47. The summed E-state index contributed by atoms with van der Waals surface area (Å²) in [6.07, 6.45) is 1.04. The topological polar surface area (TPSA) is 47.3 Å². The number of nitrogens with one attached hydrogen (secondary N) is 1. The van der Waals surface area contributed by atoms with E-state index in [0.717, 1.165) is 5.56 Å². The molecule has 3 nitrogen and oxygen atoms in total. The zero-order valence-electron chi connectivity index (χ0n) is 12.1. The average molecular weight is 345 g/mol. The first-order chi connectivity index (χ1) is 9.45. The minimum Gasteiger partial charge on any atom is -0.375 e. The number of ether oxygens (including phenoxy) is 1. The first-order valence-electron chi connectivity index (χ1n) is 7.00. The molecule has 1 saturated heterocycles. The molecule has 5 heteroatoms. The highest BCUT2D eigenvalue weighted by atomic mass is 79.9. The van der Waals surface area contributed by atoms with Crippen LogP contribution in [-0.2, 0) is 11.2 Å². The molecule has 5 atom stereocenters. The lowest BCUT2D eigenvalue weighted by atomic mass is 9.81. The molecule has 20 heavy (non-hydrogen) atoms. The lowest BCUT2D eigenvalue weighted by Gasteiger charge is -2.28. The van der Waals surface area contributed by atoms with Crippen molar-refractivity contribution in [3.63, 3.8) is 0 Å². The summed E-state index contributed by atoms with van der Waals surface area (Å²) in [6.45, 7) is 6.35. The summed E-state index contributed by atoms with van der Waals surface area (Å²) in [5.74, 6) is 6.23. The van der Waals surface area contributed by atoms with Crippen LogP contribution in [0.3, 0.4) is 0 Å². The van der Waals surface area contributed by atoms with Crippen molar-refractivity contribution in [3.8, 4) is 0 Å². The maximum absolute atomic E-state index is 13.6. The minimum absolute atomic E-state index is 0.0584. The fourth-order valence-corrected chi connectivity index (χ4v) is 3.66. The monoisotopic (exact) mass is 344 g/mol. The van der Waals surface area contributed by atoms with E-state index in [-0.39, 0.29) is 24.1 Å². The van der Waals surface area contributed by atoms with E-state index in [1.165, 1.54) is 6.07 Å². The van der Waals surface area contributed by atoms with E-state index in [9.17, 15) is 4.39 Å². The molecule has 0 spiro atoms. The van der Waals surface area contributed by atoms with Crippen molar-refractivity contribution in [3.05, 3.63) is 34.1 Å². The summed E-state index contributed by atoms with van der Waals surface area (Å²) >= 11 is 3.31. The number of benzene rings is 1. The maximum Gasteiger partial charge on any atom is 0.137 e. The lowest BCUT2D eigenvalue weighted by Crippen LogP contribution is -2.46. The van der Waals surface area contributed by atoms with Crippen molar-refractivity contribution in [2.24, 2.45) is 17.7 Å². The van der Waals surface area contributed by atoms with E-state index in [1.54, 1.807) is 6.07 Å². The Hall–Kier alpha value is -0.490. The highest BCUT2D eigenvalue weighted by molar-refractivity contribution is 9.10. The summed E-state index contributed by atoms with van der Waals surface area (Å²) in [6, 6.07) is 5.16. The molecule has 0 saturated carbocycles. The average Bonchev–Trinajstić information content (AvgIpc) is 2.66. The Morgan fingerprint density at radius 1 is 1.35 bits per heavy atom. The van der Waals surface area contributed by atoms with Crippen LogP contribution >= 0.6 is 15.9 Å². The molecular formula is C15H22BrFN2O. The Morgan fingerprint density at radius 3 is 2.60 bits per heavy atom. The van der Waals surface area contributed by atoms with Crippen molar-refractivity contribution in [1.29, 1.82) is 0 Å². The zero-order chi connectivity index (χ0) is 14.9. The van der Waals surface area contributed by atoms with Crippen molar-refractivity contribution < 1.29 is 9.13 Å². The second kappa shape index (κ2) is 6.52. The van der Waals surface area contributed by atoms with Gasteiger partial charge in [-0.05, 0) is 53.7 Å². The summed E-state index contributed by atoms with van der Waals surface area (Å²) in [7, 11) is 0. The molecular weight excluding hydrogens is 323 g/mol. The van der Waals surface area contributed by atoms with Gasteiger partial charge in [-0.1, -0.05) is 19.1 Å². The van der Waals surface area contributed by atoms with Crippen LogP contribution in [0, 0.1) is 17.7 Å². The molecule has 1 aliphatic heterocycles. The van der Waals surface area contributed by atoms with E-state index in [2.05, 4.69) is 42.1 Å². The Kier molecular flexibility index (Phi) is 5.18. The van der Waals surface area contributed by atoms with Gasteiger partial charge in [0.25, 0.3) is 0 Å². The van der Waals surface area contributed by atoms with E-state index < -0.39 is 0 Å². The van der Waals surface area contributed by atoms with Gasteiger partial charge in [0.15, 0.2) is 0 Å². The molecule has 1 fully saturated rings. The molecule has 0 amide bonds. The van der Waals surface area contributed by atoms with Gasteiger partial charge in [0, 0.05) is 12.0 Å². The van der Waals surface area contributed by atoms with Crippen LogP contribution in [0.15, 0.2) is 22.7 Å². The molecule has 1 aliphatic rings. The molecule has 1 heterocycles. The van der Waals surface area contributed by atoms with Crippen LogP contribution < -0.4 is 11.3 Å². The van der Waals surface area contributed by atoms with Crippen LogP contribution in [-0.4, -0.2) is 18.2 Å². The second-order valence-electron chi connectivity index (χ2n) is 5.67. The largest absolute Gasteiger partial charge is 0.375 e. The highest BCUT2D eigenvalue weighted by Crippen LogP contribution is 2.36. The van der Waals surface area contributed by atoms with Gasteiger partial charge in [-0.15, -0.1) is 0 Å². The van der Waals surface area contributed by atoms with Gasteiger partial charge in [0.1, 0.15) is 5.82 Å². The normalized spacial score (nSPS) is 31.5. The van der Waals surface area contributed by atoms with Gasteiger partial charge in [-0.3, -0.25) is 11.3 Å². The summed E-state index contributed by atoms with van der Waals surface area (Å²) in [4.78, 5) is 0. The SMILES string of the molecule is CC1OC(C)C(C(Cc2cccc(F)c2Br)NN)C1C. The first-order valence-corrected chi connectivity index (χ1v) is 7.79. The molecule has 0 bridgehead atoms. The predicted molar refractivity (Wildman–Crippen MR) is 81.6 cm³/mol. The summed E-state index contributed by atoms with van der Waals surface area (Å²) < 4.78 is 20.0. The Morgan fingerprint density at radius 2 is 2.05 bits per heavy atom. The van der Waals surface area contributed by atoms with Gasteiger partial charge >= 0.3 is 0 Å². The third-order valence-electron chi connectivity index (χ3n) is 4.47. The number of hydrogen-bond donors (Lipinski definition) is 2. The first kappa shape index (κ1) is 15.9. The van der Waals surface area contributed by atoms with Crippen LogP contribution in [0.2, 0.25) is 0 Å². The van der Waals surface area contributed by atoms with Gasteiger partial charge in [0.05, 0.1) is 16.7 Å². The van der Waals surface area contributed by atoms with E-state index in [1.807, 2.05) is 6.07 Å². The van der Waals surface area contributed by atoms with Crippen molar-refractivity contribution in [1.82, 2.24) is 5.43 Å². The maximum atomic E-state index is 13.6. The van der Waals surface area contributed by atoms with Crippen molar-refractivity contribution in [2.75, 3.05) is 0 Å². The minimum atomic E-state index is -0.240. The number of hydrogen-bond acceptors (Lipinski definition) is 3. The zero-order valence-corrected chi connectivity index (χ0v) is 13.7.